The highest BCUT2D eigenvalue weighted by Crippen LogP contribution is 2.27. The summed E-state index contributed by atoms with van der Waals surface area (Å²) in [5.41, 5.74) is 0.976. The minimum Gasteiger partial charge on any atom is -0.497 e. The van der Waals surface area contributed by atoms with Crippen molar-refractivity contribution in [3.63, 3.8) is 0 Å². The van der Waals surface area contributed by atoms with E-state index in [9.17, 15) is 9.59 Å². The molecule has 2 aliphatic rings. The molecular formula is C14H16N2O3S. The van der Waals surface area contributed by atoms with Crippen LogP contribution in [-0.2, 0) is 16.1 Å². The van der Waals surface area contributed by atoms with E-state index in [0.717, 1.165) is 11.3 Å². The van der Waals surface area contributed by atoms with Crippen molar-refractivity contribution >= 4 is 23.6 Å². The zero-order chi connectivity index (χ0) is 14.1. The second-order valence-corrected chi connectivity index (χ2v) is 5.92. The third-order valence-electron chi connectivity index (χ3n) is 3.63. The highest BCUT2D eigenvalue weighted by molar-refractivity contribution is 7.99. The number of piperazine rings is 1. The van der Waals surface area contributed by atoms with Crippen LogP contribution in [0.3, 0.4) is 0 Å². The smallest absolute Gasteiger partial charge is 0.247 e. The van der Waals surface area contributed by atoms with Crippen LogP contribution in [0, 0.1) is 0 Å². The second-order valence-electron chi connectivity index (χ2n) is 4.93. The van der Waals surface area contributed by atoms with E-state index in [1.807, 2.05) is 24.3 Å². The Hall–Kier alpha value is -1.69. The van der Waals surface area contributed by atoms with Gasteiger partial charge in [-0.25, -0.2) is 0 Å². The quantitative estimate of drug-likeness (QED) is 0.832. The third-order valence-corrected chi connectivity index (χ3v) is 4.65. The third kappa shape index (κ3) is 2.35. The summed E-state index contributed by atoms with van der Waals surface area (Å²) < 4.78 is 5.18. The zero-order valence-electron chi connectivity index (χ0n) is 11.2. The minimum atomic E-state index is -0.271. The Balaban J connectivity index is 1.76. The van der Waals surface area contributed by atoms with Gasteiger partial charge in [0.2, 0.25) is 11.8 Å². The molecule has 0 N–H and O–H groups in total. The van der Waals surface area contributed by atoms with E-state index < -0.39 is 0 Å². The number of amides is 2. The van der Waals surface area contributed by atoms with Gasteiger partial charge in [0.1, 0.15) is 18.3 Å². The lowest BCUT2D eigenvalue weighted by atomic mass is 10.1. The van der Waals surface area contributed by atoms with E-state index in [2.05, 4.69) is 0 Å². The molecule has 0 saturated carbocycles. The first-order chi connectivity index (χ1) is 9.69. The Morgan fingerprint density at radius 1 is 1.40 bits per heavy atom. The SMILES string of the molecule is COc1cccc(CN2CC(=O)N3CSC[C@H]3C2=O)c1. The molecule has 106 valence electrons. The minimum absolute atomic E-state index is 0.0440. The van der Waals surface area contributed by atoms with Gasteiger partial charge in [-0.2, -0.15) is 0 Å². The van der Waals surface area contributed by atoms with Crippen molar-refractivity contribution < 1.29 is 14.3 Å². The first kappa shape index (κ1) is 13.3. The van der Waals surface area contributed by atoms with Crippen LogP contribution in [0.2, 0.25) is 0 Å². The molecule has 2 heterocycles. The van der Waals surface area contributed by atoms with Gasteiger partial charge in [0, 0.05) is 12.3 Å². The molecule has 2 aliphatic heterocycles. The van der Waals surface area contributed by atoms with Crippen molar-refractivity contribution in [2.45, 2.75) is 12.6 Å². The standard InChI is InChI=1S/C14H16N2O3S/c1-19-11-4-2-3-10(5-11)6-15-7-13(17)16-9-20-8-12(16)14(15)18/h2-5,12H,6-9H2,1H3/t12-/m0/s1. The fraction of sp³-hybridized carbons (Fsp3) is 0.429. The molecule has 0 aliphatic carbocycles. The van der Waals surface area contributed by atoms with Crippen molar-refractivity contribution in [3.8, 4) is 5.75 Å². The number of hydrogen-bond acceptors (Lipinski definition) is 4. The molecule has 2 fully saturated rings. The average molecular weight is 292 g/mol. The molecule has 3 rings (SSSR count). The van der Waals surface area contributed by atoms with Gasteiger partial charge in [0.05, 0.1) is 13.0 Å². The first-order valence-electron chi connectivity index (χ1n) is 6.48. The van der Waals surface area contributed by atoms with E-state index in [-0.39, 0.29) is 24.4 Å². The van der Waals surface area contributed by atoms with Gasteiger partial charge in [-0.15, -0.1) is 11.8 Å². The molecule has 6 heteroatoms. The highest BCUT2D eigenvalue weighted by atomic mass is 32.2. The molecule has 0 spiro atoms. The zero-order valence-corrected chi connectivity index (χ0v) is 12.1. The van der Waals surface area contributed by atoms with Crippen LogP contribution >= 0.6 is 11.8 Å². The highest BCUT2D eigenvalue weighted by Gasteiger charge is 2.42. The maximum Gasteiger partial charge on any atom is 0.247 e. The summed E-state index contributed by atoms with van der Waals surface area (Å²) in [6.45, 7) is 0.629. The maximum atomic E-state index is 12.4. The number of nitrogens with zero attached hydrogens (tertiary/aromatic N) is 2. The Morgan fingerprint density at radius 2 is 2.25 bits per heavy atom. The summed E-state index contributed by atoms with van der Waals surface area (Å²) in [5, 5.41) is 0. The molecule has 2 saturated heterocycles. The Morgan fingerprint density at radius 3 is 3.05 bits per heavy atom. The molecule has 1 aromatic rings. The van der Waals surface area contributed by atoms with Gasteiger partial charge in [0.15, 0.2) is 0 Å². The van der Waals surface area contributed by atoms with Gasteiger partial charge in [0.25, 0.3) is 0 Å². The molecule has 0 radical (unpaired) electrons. The summed E-state index contributed by atoms with van der Waals surface area (Å²) in [4.78, 5) is 27.8. The summed E-state index contributed by atoms with van der Waals surface area (Å²) in [6.07, 6.45) is 0. The lowest BCUT2D eigenvalue weighted by Crippen LogP contribution is -2.57. The van der Waals surface area contributed by atoms with Gasteiger partial charge < -0.3 is 14.5 Å². The van der Waals surface area contributed by atoms with Crippen molar-refractivity contribution in [2.75, 3.05) is 25.3 Å². The predicted octanol–water partition coefficient (Wildman–Crippen LogP) is 0.939. The summed E-state index contributed by atoms with van der Waals surface area (Å²) in [5.74, 6) is 2.21. The number of hydrogen-bond donors (Lipinski definition) is 0. The van der Waals surface area contributed by atoms with E-state index in [1.54, 1.807) is 28.7 Å². The Bertz CT molecular complexity index is 549. The lowest BCUT2D eigenvalue weighted by molar-refractivity contribution is -0.153. The van der Waals surface area contributed by atoms with Gasteiger partial charge >= 0.3 is 0 Å². The average Bonchev–Trinajstić information content (AvgIpc) is 2.95. The van der Waals surface area contributed by atoms with Crippen LogP contribution in [0.25, 0.3) is 0 Å². The van der Waals surface area contributed by atoms with Crippen molar-refractivity contribution in [2.24, 2.45) is 0 Å². The monoisotopic (exact) mass is 292 g/mol. The van der Waals surface area contributed by atoms with Crippen molar-refractivity contribution in [1.29, 1.82) is 0 Å². The molecule has 2 amide bonds. The van der Waals surface area contributed by atoms with Crippen LogP contribution < -0.4 is 4.74 Å². The van der Waals surface area contributed by atoms with Crippen molar-refractivity contribution in [3.05, 3.63) is 29.8 Å². The Kier molecular flexibility index (Phi) is 3.56. The number of methoxy groups -OCH3 is 1. The van der Waals surface area contributed by atoms with E-state index in [0.29, 0.717) is 18.2 Å². The van der Waals surface area contributed by atoms with Gasteiger partial charge in [-0.3, -0.25) is 9.59 Å². The number of rotatable bonds is 3. The Labute approximate surface area is 121 Å². The summed E-state index contributed by atoms with van der Waals surface area (Å²) in [6, 6.07) is 7.32. The fourth-order valence-electron chi connectivity index (χ4n) is 2.56. The number of carbonyl (C=O) groups is 2. The molecule has 20 heavy (non-hydrogen) atoms. The molecular weight excluding hydrogens is 276 g/mol. The first-order valence-corrected chi connectivity index (χ1v) is 7.63. The van der Waals surface area contributed by atoms with Crippen LogP contribution in [0.15, 0.2) is 24.3 Å². The molecule has 0 unspecified atom stereocenters. The van der Waals surface area contributed by atoms with Crippen LogP contribution in [0.4, 0.5) is 0 Å². The number of ether oxygens (including phenoxy) is 1. The molecule has 1 atom stereocenters. The van der Waals surface area contributed by atoms with Crippen LogP contribution in [0.1, 0.15) is 5.56 Å². The van der Waals surface area contributed by atoms with Crippen LogP contribution in [0.5, 0.6) is 5.75 Å². The summed E-state index contributed by atoms with van der Waals surface area (Å²) in [7, 11) is 1.61. The van der Waals surface area contributed by atoms with Gasteiger partial charge in [-0.1, -0.05) is 12.1 Å². The normalized spacial score (nSPS) is 22.1. The number of carbonyl (C=O) groups excluding carboxylic acids is 2. The van der Waals surface area contributed by atoms with Gasteiger partial charge in [-0.05, 0) is 17.7 Å². The number of thioether (sulfide) groups is 1. The fourth-order valence-corrected chi connectivity index (χ4v) is 3.73. The topological polar surface area (TPSA) is 49.9 Å². The number of fused-ring (bicyclic) bond motifs is 1. The molecule has 0 bridgehead atoms. The van der Waals surface area contributed by atoms with Crippen LogP contribution in [-0.4, -0.2) is 52.9 Å². The van der Waals surface area contributed by atoms with E-state index in [4.69, 9.17) is 4.74 Å². The molecule has 0 aromatic heterocycles. The molecule has 5 nitrogen and oxygen atoms in total. The van der Waals surface area contributed by atoms with E-state index >= 15 is 0 Å². The van der Waals surface area contributed by atoms with Crippen molar-refractivity contribution in [1.82, 2.24) is 9.80 Å². The largest absolute Gasteiger partial charge is 0.497 e. The molecule has 1 aromatic carbocycles. The predicted molar refractivity (Wildman–Crippen MR) is 76.4 cm³/mol. The van der Waals surface area contributed by atoms with E-state index in [1.165, 1.54) is 0 Å². The summed E-state index contributed by atoms with van der Waals surface area (Å²) >= 11 is 1.64. The lowest BCUT2D eigenvalue weighted by Gasteiger charge is -2.35. The number of benzene rings is 1. The second kappa shape index (κ2) is 5.36. The maximum absolute atomic E-state index is 12.4.